The molecule has 104 valence electrons. The Morgan fingerprint density at radius 1 is 1.42 bits per heavy atom. The van der Waals surface area contributed by atoms with Crippen molar-refractivity contribution in [3.63, 3.8) is 0 Å². The molecular weight excluding hydrogens is 236 g/mol. The summed E-state index contributed by atoms with van der Waals surface area (Å²) in [4.78, 5) is 4.41. The molecular formula is C15H24N4. The Morgan fingerprint density at radius 3 is 3.16 bits per heavy atom. The zero-order valence-electron chi connectivity index (χ0n) is 12.0. The van der Waals surface area contributed by atoms with Crippen molar-refractivity contribution in [1.82, 2.24) is 20.1 Å². The fourth-order valence-corrected chi connectivity index (χ4v) is 3.49. The van der Waals surface area contributed by atoms with Gasteiger partial charge in [0.25, 0.3) is 0 Å². The van der Waals surface area contributed by atoms with Crippen molar-refractivity contribution in [2.24, 2.45) is 11.8 Å². The topological polar surface area (TPSA) is 42.7 Å². The molecule has 0 bridgehead atoms. The van der Waals surface area contributed by atoms with Gasteiger partial charge in [-0.1, -0.05) is 18.6 Å². The molecule has 0 saturated heterocycles. The third kappa shape index (κ3) is 2.59. The molecule has 0 unspecified atom stereocenters. The largest absolute Gasteiger partial charge is 0.307 e. The average molecular weight is 260 g/mol. The van der Waals surface area contributed by atoms with Gasteiger partial charge in [-0.05, 0) is 44.4 Å². The van der Waals surface area contributed by atoms with Gasteiger partial charge in [0.15, 0.2) is 0 Å². The zero-order valence-corrected chi connectivity index (χ0v) is 12.0. The minimum absolute atomic E-state index is 0.387. The van der Waals surface area contributed by atoms with Crippen molar-refractivity contribution in [2.75, 3.05) is 6.54 Å². The molecule has 4 heteroatoms. The summed E-state index contributed by atoms with van der Waals surface area (Å²) in [5.41, 5.74) is 1.56. The van der Waals surface area contributed by atoms with E-state index in [1.165, 1.54) is 25.7 Å². The van der Waals surface area contributed by atoms with Crippen LogP contribution in [0.3, 0.4) is 0 Å². The first-order valence-corrected chi connectivity index (χ1v) is 7.53. The lowest BCUT2D eigenvalue weighted by Gasteiger charge is -2.31. The number of hydrogen-bond donors (Lipinski definition) is 1. The van der Waals surface area contributed by atoms with Gasteiger partial charge >= 0.3 is 0 Å². The average Bonchev–Trinajstić information content (AvgIpc) is 2.87. The molecule has 1 aliphatic heterocycles. The van der Waals surface area contributed by atoms with Crippen LogP contribution < -0.4 is 5.32 Å². The highest BCUT2D eigenvalue weighted by Gasteiger charge is 2.26. The molecule has 2 heterocycles. The standard InChI is InChI=1S/C15H24N4/c1-11-5-3-6-12(2)13(11)9-16-14-7-4-8-19-15(14)17-10-18-19/h5,10,12-14,16H,3-4,6-9H2,1-2H3/t12-,13-,14+/m0/s1. The second-order valence-electron chi connectivity index (χ2n) is 6.05. The van der Waals surface area contributed by atoms with Crippen molar-refractivity contribution in [2.45, 2.75) is 52.1 Å². The highest BCUT2D eigenvalue weighted by Crippen LogP contribution is 2.30. The van der Waals surface area contributed by atoms with Crippen molar-refractivity contribution in [3.8, 4) is 0 Å². The fraction of sp³-hybridized carbons (Fsp3) is 0.733. The van der Waals surface area contributed by atoms with Crippen molar-refractivity contribution in [1.29, 1.82) is 0 Å². The summed E-state index contributed by atoms with van der Waals surface area (Å²) in [5.74, 6) is 2.60. The van der Waals surface area contributed by atoms with Gasteiger partial charge in [-0.15, -0.1) is 0 Å². The van der Waals surface area contributed by atoms with E-state index in [9.17, 15) is 0 Å². The summed E-state index contributed by atoms with van der Waals surface area (Å²) in [6, 6.07) is 0.387. The Morgan fingerprint density at radius 2 is 2.32 bits per heavy atom. The summed E-state index contributed by atoms with van der Waals surface area (Å²) >= 11 is 0. The maximum atomic E-state index is 4.41. The van der Waals surface area contributed by atoms with E-state index >= 15 is 0 Å². The van der Waals surface area contributed by atoms with Crippen molar-refractivity contribution < 1.29 is 0 Å². The lowest BCUT2D eigenvalue weighted by atomic mass is 9.80. The number of aromatic nitrogens is 3. The zero-order chi connectivity index (χ0) is 13.2. The predicted molar refractivity (Wildman–Crippen MR) is 75.6 cm³/mol. The maximum absolute atomic E-state index is 4.41. The van der Waals surface area contributed by atoms with Crippen LogP contribution in [-0.2, 0) is 6.54 Å². The van der Waals surface area contributed by atoms with Crippen LogP contribution >= 0.6 is 0 Å². The Labute approximate surface area is 115 Å². The van der Waals surface area contributed by atoms with E-state index in [1.54, 1.807) is 11.9 Å². The number of allylic oxidation sites excluding steroid dienone is 1. The number of fused-ring (bicyclic) bond motifs is 1. The molecule has 4 nitrogen and oxygen atoms in total. The predicted octanol–water partition coefficient (Wildman–Crippen LogP) is 2.70. The van der Waals surface area contributed by atoms with Gasteiger partial charge in [0, 0.05) is 13.1 Å². The smallest absolute Gasteiger partial charge is 0.143 e. The molecule has 3 atom stereocenters. The van der Waals surface area contributed by atoms with E-state index in [2.05, 4.69) is 35.3 Å². The van der Waals surface area contributed by atoms with Gasteiger partial charge in [-0.2, -0.15) is 5.10 Å². The second kappa shape index (κ2) is 5.45. The summed E-state index contributed by atoms with van der Waals surface area (Å²) in [6.07, 6.45) is 9.05. The molecule has 0 radical (unpaired) electrons. The number of hydrogen-bond acceptors (Lipinski definition) is 3. The van der Waals surface area contributed by atoms with Gasteiger partial charge in [0.05, 0.1) is 6.04 Å². The van der Waals surface area contributed by atoms with Crippen LogP contribution in [0.5, 0.6) is 0 Å². The number of aryl methyl sites for hydroxylation is 1. The number of rotatable bonds is 3. The molecule has 0 amide bonds. The minimum Gasteiger partial charge on any atom is -0.307 e. The summed E-state index contributed by atoms with van der Waals surface area (Å²) in [5, 5.41) is 8.02. The highest BCUT2D eigenvalue weighted by molar-refractivity contribution is 5.10. The molecule has 1 aliphatic carbocycles. The van der Waals surface area contributed by atoms with E-state index in [1.807, 2.05) is 4.68 Å². The minimum atomic E-state index is 0.387. The van der Waals surface area contributed by atoms with E-state index in [0.717, 1.165) is 24.8 Å². The van der Waals surface area contributed by atoms with Crippen LogP contribution in [-0.4, -0.2) is 21.3 Å². The first kappa shape index (κ1) is 12.9. The van der Waals surface area contributed by atoms with E-state index in [4.69, 9.17) is 0 Å². The molecule has 0 fully saturated rings. The van der Waals surface area contributed by atoms with Crippen LogP contribution in [0.2, 0.25) is 0 Å². The Balaban J connectivity index is 1.64. The Hall–Kier alpha value is -1.16. The molecule has 3 rings (SSSR count). The molecule has 0 aromatic carbocycles. The lowest BCUT2D eigenvalue weighted by molar-refractivity contribution is 0.306. The van der Waals surface area contributed by atoms with Crippen LogP contribution in [0.4, 0.5) is 0 Å². The van der Waals surface area contributed by atoms with Gasteiger partial charge < -0.3 is 5.32 Å². The summed E-state index contributed by atoms with van der Waals surface area (Å²) < 4.78 is 2.05. The maximum Gasteiger partial charge on any atom is 0.143 e. The van der Waals surface area contributed by atoms with E-state index in [0.29, 0.717) is 12.0 Å². The number of nitrogens with one attached hydrogen (secondary N) is 1. The normalized spacial score (nSPS) is 30.8. The van der Waals surface area contributed by atoms with E-state index < -0.39 is 0 Å². The first-order chi connectivity index (χ1) is 9.25. The van der Waals surface area contributed by atoms with Crippen LogP contribution in [0, 0.1) is 11.8 Å². The Bertz CT molecular complexity index is 462. The van der Waals surface area contributed by atoms with E-state index in [-0.39, 0.29) is 0 Å². The van der Waals surface area contributed by atoms with Gasteiger partial charge in [0.2, 0.25) is 0 Å². The van der Waals surface area contributed by atoms with Crippen molar-refractivity contribution >= 4 is 0 Å². The Kier molecular flexibility index (Phi) is 3.69. The number of nitrogens with zero attached hydrogens (tertiary/aromatic N) is 3. The fourth-order valence-electron chi connectivity index (χ4n) is 3.49. The first-order valence-electron chi connectivity index (χ1n) is 7.53. The lowest BCUT2D eigenvalue weighted by Crippen LogP contribution is -2.35. The van der Waals surface area contributed by atoms with Gasteiger partial charge in [-0.3, -0.25) is 0 Å². The van der Waals surface area contributed by atoms with Gasteiger partial charge in [0.1, 0.15) is 12.2 Å². The summed E-state index contributed by atoms with van der Waals surface area (Å²) in [7, 11) is 0. The van der Waals surface area contributed by atoms with Gasteiger partial charge in [-0.25, -0.2) is 9.67 Å². The monoisotopic (exact) mass is 260 g/mol. The van der Waals surface area contributed by atoms with Crippen LogP contribution in [0.25, 0.3) is 0 Å². The summed E-state index contributed by atoms with van der Waals surface area (Å²) in [6.45, 7) is 6.75. The molecule has 1 aromatic heterocycles. The quantitative estimate of drug-likeness (QED) is 0.850. The molecule has 0 spiro atoms. The highest BCUT2D eigenvalue weighted by atomic mass is 15.3. The SMILES string of the molecule is CC1=CCC[C@H](C)[C@H]1CN[C@@H]1CCCn2ncnc21. The molecule has 1 aromatic rings. The second-order valence-corrected chi connectivity index (χ2v) is 6.05. The molecule has 1 N–H and O–H groups in total. The van der Waals surface area contributed by atoms with Crippen LogP contribution in [0.15, 0.2) is 18.0 Å². The molecule has 2 aliphatic rings. The van der Waals surface area contributed by atoms with Crippen molar-refractivity contribution in [3.05, 3.63) is 23.8 Å². The van der Waals surface area contributed by atoms with Crippen LogP contribution in [0.1, 0.15) is 51.4 Å². The third-order valence-electron chi connectivity index (χ3n) is 4.76. The molecule has 19 heavy (non-hydrogen) atoms. The third-order valence-corrected chi connectivity index (χ3v) is 4.76. The molecule has 0 saturated carbocycles.